The first kappa shape index (κ1) is 20.2. The second-order valence-corrected chi connectivity index (χ2v) is 6.99. The molecule has 150 valence electrons. The summed E-state index contributed by atoms with van der Waals surface area (Å²) in [5.74, 6) is 1.40. The standard InChI is InChI=1S/C21H27N3O3S/c1-15(16-4-6-17(7-5-16)24-10-12-27-13-11-24)22-21(28)23-19-9-8-18(25-2)14-20(19)26-3/h4-9,14-15H,10-13H2,1-3H3,(H2,22,23,28). The van der Waals surface area contributed by atoms with Crippen LogP contribution < -0.4 is 25.0 Å². The van der Waals surface area contributed by atoms with E-state index in [0.717, 1.165) is 37.7 Å². The maximum absolute atomic E-state index is 5.48. The zero-order valence-corrected chi connectivity index (χ0v) is 17.3. The fourth-order valence-electron chi connectivity index (χ4n) is 3.14. The third-order valence-corrected chi connectivity index (χ3v) is 4.99. The van der Waals surface area contributed by atoms with E-state index in [1.54, 1.807) is 14.2 Å². The van der Waals surface area contributed by atoms with E-state index in [1.165, 1.54) is 11.3 Å². The van der Waals surface area contributed by atoms with Crippen molar-refractivity contribution in [1.82, 2.24) is 5.32 Å². The molecule has 0 aliphatic carbocycles. The molecule has 6 nitrogen and oxygen atoms in total. The van der Waals surface area contributed by atoms with E-state index < -0.39 is 0 Å². The molecule has 0 spiro atoms. The van der Waals surface area contributed by atoms with Gasteiger partial charge in [-0.1, -0.05) is 12.1 Å². The molecule has 0 aromatic heterocycles. The summed E-state index contributed by atoms with van der Waals surface area (Å²) >= 11 is 5.48. The van der Waals surface area contributed by atoms with Gasteiger partial charge in [0.05, 0.1) is 39.2 Å². The number of hydrogen-bond donors (Lipinski definition) is 2. The fourth-order valence-corrected chi connectivity index (χ4v) is 3.42. The van der Waals surface area contributed by atoms with Crippen molar-refractivity contribution < 1.29 is 14.2 Å². The first-order valence-corrected chi connectivity index (χ1v) is 9.73. The average molecular weight is 402 g/mol. The number of nitrogens with one attached hydrogen (secondary N) is 2. The van der Waals surface area contributed by atoms with Crippen molar-refractivity contribution >= 4 is 28.7 Å². The molecule has 2 N–H and O–H groups in total. The molecule has 0 amide bonds. The summed E-state index contributed by atoms with van der Waals surface area (Å²) in [6, 6.07) is 14.2. The number of nitrogens with zero attached hydrogens (tertiary/aromatic N) is 1. The molecular formula is C21H27N3O3S. The van der Waals surface area contributed by atoms with Gasteiger partial charge >= 0.3 is 0 Å². The number of ether oxygens (including phenoxy) is 3. The highest BCUT2D eigenvalue weighted by atomic mass is 32.1. The van der Waals surface area contributed by atoms with E-state index in [1.807, 2.05) is 18.2 Å². The molecule has 2 aromatic rings. The number of benzene rings is 2. The Bertz CT molecular complexity index is 792. The molecule has 1 aliphatic heterocycles. The molecule has 3 rings (SSSR count). The minimum Gasteiger partial charge on any atom is -0.497 e. The molecule has 2 aromatic carbocycles. The third-order valence-electron chi connectivity index (χ3n) is 4.77. The Morgan fingerprint density at radius 2 is 1.79 bits per heavy atom. The Kier molecular flexibility index (Phi) is 6.95. The molecule has 1 aliphatic rings. The first-order valence-electron chi connectivity index (χ1n) is 9.33. The molecule has 1 saturated heterocycles. The highest BCUT2D eigenvalue weighted by molar-refractivity contribution is 7.80. The van der Waals surface area contributed by atoms with Gasteiger partial charge in [-0.15, -0.1) is 0 Å². The summed E-state index contributed by atoms with van der Waals surface area (Å²) in [4.78, 5) is 2.34. The molecule has 1 fully saturated rings. The number of anilines is 2. The van der Waals surface area contributed by atoms with Crippen LogP contribution in [0.3, 0.4) is 0 Å². The molecule has 7 heteroatoms. The highest BCUT2D eigenvalue weighted by Gasteiger charge is 2.13. The van der Waals surface area contributed by atoms with Gasteiger partial charge in [0.1, 0.15) is 11.5 Å². The van der Waals surface area contributed by atoms with Crippen molar-refractivity contribution in [3.8, 4) is 11.5 Å². The van der Waals surface area contributed by atoms with Crippen molar-refractivity contribution in [3.63, 3.8) is 0 Å². The van der Waals surface area contributed by atoms with Crippen molar-refractivity contribution in [2.24, 2.45) is 0 Å². The minimum atomic E-state index is 0.0722. The highest BCUT2D eigenvalue weighted by Crippen LogP contribution is 2.29. The van der Waals surface area contributed by atoms with Gasteiger partial charge in [0.25, 0.3) is 0 Å². The van der Waals surface area contributed by atoms with E-state index in [-0.39, 0.29) is 6.04 Å². The number of morpholine rings is 1. The second kappa shape index (κ2) is 9.61. The first-order chi connectivity index (χ1) is 13.6. The van der Waals surface area contributed by atoms with E-state index in [4.69, 9.17) is 26.4 Å². The SMILES string of the molecule is COc1ccc(NC(=S)NC(C)c2ccc(N3CCOCC3)cc2)c(OC)c1. The van der Waals surface area contributed by atoms with Gasteiger partial charge in [0.2, 0.25) is 0 Å². The average Bonchev–Trinajstić information content (AvgIpc) is 2.74. The zero-order chi connectivity index (χ0) is 19.9. The lowest BCUT2D eigenvalue weighted by atomic mass is 10.1. The molecular weight excluding hydrogens is 374 g/mol. The van der Waals surface area contributed by atoms with Gasteiger partial charge in [-0.2, -0.15) is 0 Å². The van der Waals surface area contributed by atoms with E-state index in [0.29, 0.717) is 10.9 Å². The Morgan fingerprint density at radius 1 is 1.07 bits per heavy atom. The monoisotopic (exact) mass is 401 g/mol. The van der Waals surface area contributed by atoms with Crippen LogP contribution in [0.1, 0.15) is 18.5 Å². The van der Waals surface area contributed by atoms with Crippen LogP contribution in [0.15, 0.2) is 42.5 Å². The van der Waals surface area contributed by atoms with Crippen molar-refractivity contribution in [1.29, 1.82) is 0 Å². The summed E-state index contributed by atoms with van der Waals surface area (Å²) in [6.45, 7) is 5.53. The van der Waals surface area contributed by atoms with Crippen LogP contribution in [0.2, 0.25) is 0 Å². The molecule has 1 heterocycles. The maximum Gasteiger partial charge on any atom is 0.171 e. The van der Waals surface area contributed by atoms with Gasteiger partial charge < -0.3 is 29.7 Å². The topological polar surface area (TPSA) is 55.0 Å². The number of methoxy groups -OCH3 is 2. The third kappa shape index (κ3) is 5.05. The van der Waals surface area contributed by atoms with Crippen molar-refractivity contribution in [3.05, 3.63) is 48.0 Å². The quantitative estimate of drug-likeness (QED) is 0.718. The van der Waals surface area contributed by atoms with Crippen molar-refractivity contribution in [2.45, 2.75) is 13.0 Å². The largest absolute Gasteiger partial charge is 0.497 e. The smallest absolute Gasteiger partial charge is 0.171 e. The minimum absolute atomic E-state index is 0.0722. The second-order valence-electron chi connectivity index (χ2n) is 6.58. The van der Waals surface area contributed by atoms with Gasteiger partial charge in [0.15, 0.2) is 5.11 Å². The molecule has 28 heavy (non-hydrogen) atoms. The summed E-state index contributed by atoms with van der Waals surface area (Å²) in [6.07, 6.45) is 0. The van der Waals surface area contributed by atoms with Crippen LogP contribution >= 0.6 is 12.2 Å². The Hall–Kier alpha value is -2.51. The fraction of sp³-hybridized carbons (Fsp3) is 0.381. The van der Waals surface area contributed by atoms with Crippen LogP contribution in [0, 0.1) is 0 Å². The molecule has 1 atom stereocenters. The molecule has 0 bridgehead atoms. The number of thiocarbonyl (C=S) groups is 1. The predicted molar refractivity (Wildman–Crippen MR) is 117 cm³/mol. The Morgan fingerprint density at radius 3 is 2.43 bits per heavy atom. The van der Waals surface area contributed by atoms with Crippen LogP contribution in [-0.2, 0) is 4.74 Å². The summed E-state index contributed by atoms with van der Waals surface area (Å²) in [5, 5.41) is 7.05. The van der Waals surface area contributed by atoms with Gasteiger partial charge in [-0.05, 0) is 49.0 Å². The van der Waals surface area contributed by atoms with Crippen LogP contribution in [0.4, 0.5) is 11.4 Å². The lowest BCUT2D eigenvalue weighted by Gasteiger charge is -2.29. The lowest BCUT2D eigenvalue weighted by molar-refractivity contribution is 0.122. The van der Waals surface area contributed by atoms with Crippen molar-refractivity contribution in [2.75, 3.05) is 50.7 Å². The summed E-state index contributed by atoms with van der Waals surface area (Å²) in [7, 11) is 3.25. The maximum atomic E-state index is 5.48. The zero-order valence-electron chi connectivity index (χ0n) is 16.5. The van der Waals surface area contributed by atoms with Crippen LogP contribution in [0.25, 0.3) is 0 Å². The predicted octanol–water partition coefficient (Wildman–Crippen LogP) is 3.59. The van der Waals surface area contributed by atoms with Crippen LogP contribution in [0.5, 0.6) is 11.5 Å². The Labute approximate surface area is 171 Å². The summed E-state index contributed by atoms with van der Waals surface area (Å²) in [5.41, 5.74) is 3.18. The lowest BCUT2D eigenvalue weighted by Crippen LogP contribution is -2.36. The van der Waals surface area contributed by atoms with Gasteiger partial charge in [-0.3, -0.25) is 0 Å². The van der Waals surface area contributed by atoms with E-state index in [9.17, 15) is 0 Å². The van der Waals surface area contributed by atoms with E-state index in [2.05, 4.69) is 46.7 Å². The van der Waals surface area contributed by atoms with Crippen LogP contribution in [-0.4, -0.2) is 45.6 Å². The van der Waals surface area contributed by atoms with Gasteiger partial charge in [0, 0.05) is 24.8 Å². The summed E-state index contributed by atoms with van der Waals surface area (Å²) < 4.78 is 16.0. The molecule has 0 radical (unpaired) electrons. The molecule has 0 saturated carbocycles. The number of hydrogen-bond acceptors (Lipinski definition) is 5. The van der Waals surface area contributed by atoms with E-state index >= 15 is 0 Å². The normalized spacial score (nSPS) is 14.9. The van der Waals surface area contributed by atoms with Gasteiger partial charge in [-0.25, -0.2) is 0 Å². The molecule has 1 unspecified atom stereocenters. The Balaban J connectivity index is 1.59. The number of rotatable bonds is 6.